The molecule has 0 bridgehead atoms. The first-order valence-corrected chi connectivity index (χ1v) is 6.97. The SMILES string of the molecule is COC(=O)c1cnc(NC(=O)Cc2c(F)cccc2Cl)s1. The number of esters is 1. The highest BCUT2D eigenvalue weighted by Gasteiger charge is 2.15. The Kier molecular flexibility index (Phi) is 4.87. The van der Waals surface area contributed by atoms with E-state index in [0.717, 1.165) is 11.3 Å². The lowest BCUT2D eigenvalue weighted by Crippen LogP contribution is -2.15. The topological polar surface area (TPSA) is 68.3 Å². The van der Waals surface area contributed by atoms with E-state index in [0.29, 0.717) is 0 Å². The summed E-state index contributed by atoms with van der Waals surface area (Å²) in [6.07, 6.45) is 1.07. The van der Waals surface area contributed by atoms with Crippen molar-refractivity contribution in [3.05, 3.63) is 45.7 Å². The van der Waals surface area contributed by atoms with E-state index in [2.05, 4.69) is 15.0 Å². The van der Waals surface area contributed by atoms with E-state index in [1.54, 1.807) is 0 Å². The number of rotatable bonds is 4. The van der Waals surface area contributed by atoms with Crippen molar-refractivity contribution in [3.8, 4) is 0 Å². The number of anilines is 1. The van der Waals surface area contributed by atoms with Gasteiger partial charge in [-0.2, -0.15) is 0 Å². The maximum Gasteiger partial charge on any atom is 0.349 e. The fourth-order valence-corrected chi connectivity index (χ4v) is 2.53. The maximum atomic E-state index is 13.6. The first kappa shape index (κ1) is 15.4. The Morgan fingerprint density at radius 1 is 1.48 bits per heavy atom. The lowest BCUT2D eigenvalue weighted by Gasteiger charge is -2.05. The van der Waals surface area contributed by atoms with E-state index >= 15 is 0 Å². The minimum atomic E-state index is -0.549. The first-order valence-electron chi connectivity index (χ1n) is 5.78. The zero-order chi connectivity index (χ0) is 15.4. The highest BCUT2D eigenvalue weighted by atomic mass is 35.5. The second kappa shape index (κ2) is 6.64. The van der Waals surface area contributed by atoms with E-state index < -0.39 is 17.7 Å². The number of benzene rings is 1. The molecule has 1 aromatic heterocycles. The zero-order valence-electron chi connectivity index (χ0n) is 10.9. The van der Waals surface area contributed by atoms with Crippen molar-refractivity contribution in [3.63, 3.8) is 0 Å². The van der Waals surface area contributed by atoms with Crippen LogP contribution in [-0.4, -0.2) is 24.0 Å². The first-order chi connectivity index (χ1) is 10.0. The fraction of sp³-hybridized carbons (Fsp3) is 0.154. The van der Waals surface area contributed by atoms with Crippen molar-refractivity contribution in [2.45, 2.75) is 6.42 Å². The molecule has 0 unspecified atom stereocenters. The van der Waals surface area contributed by atoms with Gasteiger partial charge in [0.1, 0.15) is 10.7 Å². The van der Waals surface area contributed by atoms with Gasteiger partial charge in [-0.25, -0.2) is 14.2 Å². The summed E-state index contributed by atoms with van der Waals surface area (Å²) in [6, 6.07) is 4.20. The molecule has 5 nitrogen and oxygen atoms in total. The molecule has 0 radical (unpaired) electrons. The van der Waals surface area contributed by atoms with Gasteiger partial charge in [0, 0.05) is 10.6 Å². The molecule has 0 aliphatic carbocycles. The Morgan fingerprint density at radius 3 is 2.90 bits per heavy atom. The number of carbonyl (C=O) groups excluding carboxylic acids is 2. The van der Waals surface area contributed by atoms with Gasteiger partial charge in [0.2, 0.25) is 5.91 Å². The highest BCUT2D eigenvalue weighted by Crippen LogP contribution is 2.22. The summed E-state index contributed by atoms with van der Waals surface area (Å²) in [6.45, 7) is 0. The molecule has 0 saturated heterocycles. The van der Waals surface area contributed by atoms with Crippen LogP contribution in [0.3, 0.4) is 0 Å². The normalized spacial score (nSPS) is 10.2. The predicted molar refractivity (Wildman–Crippen MR) is 77.2 cm³/mol. The average molecular weight is 329 g/mol. The summed E-state index contributed by atoms with van der Waals surface area (Å²) in [5, 5.41) is 2.89. The minimum absolute atomic E-state index is 0.112. The van der Waals surface area contributed by atoms with Crippen molar-refractivity contribution >= 4 is 39.9 Å². The van der Waals surface area contributed by atoms with Crippen LogP contribution in [0.4, 0.5) is 9.52 Å². The van der Waals surface area contributed by atoms with Gasteiger partial charge in [0.05, 0.1) is 19.7 Å². The van der Waals surface area contributed by atoms with Crippen LogP contribution in [0, 0.1) is 5.82 Å². The molecule has 8 heteroatoms. The van der Waals surface area contributed by atoms with Gasteiger partial charge < -0.3 is 10.1 Å². The van der Waals surface area contributed by atoms with E-state index in [1.165, 1.54) is 31.5 Å². The molecule has 2 rings (SSSR count). The molecule has 1 N–H and O–H groups in total. The summed E-state index contributed by atoms with van der Waals surface area (Å²) in [4.78, 5) is 27.2. The van der Waals surface area contributed by atoms with E-state index in [9.17, 15) is 14.0 Å². The predicted octanol–water partition coefficient (Wildman–Crippen LogP) is 2.90. The summed E-state index contributed by atoms with van der Waals surface area (Å²) in [5.41, 5.74) is 0.112. The van der Waals surface area contributed by atoms with Crippen LogP contribution in [0.15, 0.2) is 24.4 Å². The van der Waals surface area contributed by atoms with Crippen LogP contribution in [0.5, 0.6) is 0 Å². The summed E-state index contributed by atoms with van der Waals surface area (Å²) < 4.78 is 18.1. The molecule has 2 aromatic rings. The summed E-state index contributed by atoms with van der Waals surface area (Å²) >= 11 is 6.82. The van der Waals surface area contributed by atoms with Crippen LogP contribution in [0.2, 0.25) is 5.02 Å². The second-order valence-corrected chi connectivity index (χ2v) is 5.38. The molecular formula is C13H10ClFN2O3S. The average Bonchev–Trinajstić information content (AvgIpc) is 2.90. The quantitative estimate of drug-likeness (QED) is 0.876. The highest BCUT2D eigenvalue weighted by molar-refractivity contribution is 7.17. The number of hydrogen-bond donors (Lipinski definition) is 1. The lowest BCUT2D eigenvalue weighted by molar-refractivity contribution is -0.115. The molecule has 110 valence electrons. The second-order valence-electron chi connectivity index (χ2n) is 3.95. The Morgan fingerprint density at radius 2 is 2.24 bits per heavy atom. The molecule has 1 aromatic carbocycles. The van der Waals surface area contributed by atoms with Gasteiger partial charge in [-0.1, -0.05) is 29.0 Å². The smallest absolute Gasteiger partial charge is 0.349 e. The summed E-state index contributed by atoms with van der Waals surface area (Å²) in [7, 11) is 1.25. The zero-order valence-corrected chi connectivity index (χ0v) is 12.4. The maximum absolute atomic E-state index is 13.6. The molecule has 0 saturated carbocycles. The Balaban J connectivity index is 2.05. The minimum Gasteiger partial charge on any atom is -0.465 e. The number of hydrogen-bond acceptors (Lipinski definition) is 5. The standard InChI is InChI=1S/C13H10ClFN2O3S/c1-20-12(19)10-6-16-13(21-10)17-11(18)5-7-8(14)3-2-4-9(7)15/h2-4,6H,5H2,1H3,(H,16,17,18). The molecule has 0 atom stereocenters. The van der Waals surface area contributed by atoms with Crippen LogP contribution in [0.1, 0.15) is 15.2 Å². The Hall–Kier alpha value is -1.99. The number of aromatic nitrogens is 1. The summed E-state index contributed by atoms with van der Waals surface area (Å²) in [5.74, 6) is -1.56. The number of carbonyl (C=O) groups is 2. The van der Waals surface area contributed by atoms with Crippen molar-refractivity contribution < 1.29 is 18.7 Å². The molecular weight excluding hydrogens is 319 g/mol. The Labute approximate surface area is 128 Å². The third-order valence-corrected chi connectivity index (χ3v) is 3.78. The molecule has 0 aliphatic heterocycles. The molecule has 1 amide bonds. The van der Waals surface area contributed by atoms with Crippen LogP contribution in [0.25, 0.3) is 0 Å². The number of amides is 1. The van der Waals surface area contributed by atoms with Crippen LogP contribution >= 0.6 is 22.9 Å². The van der Waals surface area contributed by atoms with Gasteiger partial charge >= 0.3 is 5.97 Å². The fourth-order valence-electron chi connectivity index (χ4n) is 1.55. The Bertz CT molecular complexity index is 670. The van der Waals surface area contributed by atoms with E-state index in [1.807, 2.05) is 0 Å². The van der Waals surface area contributed by atoms with Crippen molar-refractivity contribution in [2.24, 2.45) is 0 Å². The van der Waals surface area contributed by atoms with Crippen molar-refractivity contribution in [2.75, 3.05) is 12.4 Å². The number of halogens is 2. The van der Waals surface area contributed by atoms with Gasteiger partial charge in [0.25, 0.3) is 0 Å². The number of thiazole rings is 1. The van der Waals surface area contributed by atoms with Crippen molar-refractivity contribution in [1.82, 2.24) is 4.98 Å². The molecule has 0 fully saturated rings. The monoisotopic (exact) mass is 328 g/mol. The molecule has 21 heavy (non-hydrogen) atoms. The number of nitrogens with one attached hydrogen (secondary N) is 1. The van der Waals surface area contributed by atoms with E-state index in [4.69, 9.17) is 11.6 Å². The van der Waals surface area contributed by atoms with Gasteiger partial charge in [-0.05, 0) is 12.1 Å². The van der Waals surface area contributed by atoms with E-state index in [-0.39, 0.29) is 27.0 Å². The third-order valence-electron chi connectivity index (χ3n) is 2.54. The molecule has 0 aliphatic rings. The van der Waals surface area contributed by atoms with Crippen molar-refractivity contribution in [1.29, 1.82) is 0 Å². The number of nitrogens with zero attached hydrogens (tertiary/aromatic N) is 1. The molecule has 1 heterocycles. The van der Waals surface area contributed by atoms with Gasteiger partial charge in [-0.15, -0.1) is 0 Å². The van der Waals surface area contributed by atoms with Crippen LogP contribution in [-0.2, 0) is 16.0 Å². The lowest BCUT2D eigenvalue weighted by atomic mass is 10.1. The molecule has 0 spiro atoms. The number of ether oxygens (including phenoxy) is 1. The largest absolute Gasteiger partial charge is 0.465 e. The number of methoxy groups -OCH3 is 1. The van der Waals surface area contributed by atoms with Gasteiger partial charge in [-0.3, -0.25) is 4.79 Å². The third kappa shape index (κ3) is 3.77. The van der Waals surface area contributed by atoms with Crippen LogP contribution < -0.4 is 5.32 Å². The van der Waals surface area contributed by atoms with Gasteiger partial charge in [0.15, 0.2) is 5.13 Å².